The summed E-state index contributed by atoms with van der Waals surface area (Å²) in [5, 5.41) is 0.168. The predicted molar refractivity (Wildman–Crippen MR) is 112 cm³/mol. The number of rotatable bonds is 7. The molecule has 2 saturated heterocycles. The van der Waals surface area contributed by atoms with E-state index in [4.69, 9.17) is 4.74 Å². The van der Waals surface area contributed by atoms with Crippen LogP contribution in [0.5, 0.6) is 0 Å². The first-order chi connectivity index (χ1) is 14.0. The van der Waals surface area contributed by atoms with E-state index in [2.05, 4.69) is 40.2 Å². The SMILES string of the molecule is CS(=O)(=O)c1ncc(CN2CCC(Cc3ccccc3)CC2)n1CC1CCCO1. The van der Waals surface area contributed by atoms with Gasteiger partial charge in [0.1, 0.15) is 0 Å². The average molecular weight is 418 g/mol. The van der Waals surface area contributed by atoms with Crippen LogP contribution < -0.4 is 0 Å². The van der Waals surface area contributed by atoms with Gasteiger partial charge in [-0.2, -0.15) is 0 Å². The molecule has 29 heavy (non-hydrogen) atoms. The Morgan fingerprint density at radius 1 is 1.14 bits per heavy atom. The monoisotopic (exact) mass is 417 g/mol. The summed E-state index contributed by atoms with van der Waals surface area (Å²) >= 11 is 0. The molecule has 0 bridgehead atoms. The molecule has 1 aromatic heterocycles. The summed E-state index contributed by atoms with van der Waals surface area (Å²) in [6.45, 7) is 4.15. The molecule has 0 spiro atoms. The molecule has 3 heterocycles. The van der Waals surface area contributed by atoms with Crippen LogP contribution in [0.1, 0.15) is 36.9 Å². The fourth-order valence-corrected chi connectivity index (χ4v) is 5.36. The van der Waals surface area contributed by atoms with Crippen molar-refractivity contribution in [3.05, 3.63) is 47.8 Å². The van der Waals surface area contributed by atoms with Gasteiger partial charge in [0.2, 0.25) is 15.0 Å². The fourth-order valence-electron chi connectivity index (χ4n) is 4.53. The number of nitrogens with zero attached hydrogens (tertiary/aromatic N) is 3. The van der Waals surface area contributed by atoms with Gasteiger partial charge >= 0.3 is 0 Å². The van der Waals surface area contributed by atoms with Gasteiger partial charge < -0.3 is 9.30 Å². The summed E-state index contributed by atoms with van der Waals surface area (Å²) in [6, 6.07) is 10.7. The highest BCUT2D eigenvalue weighted by atomic mass is 32.2. The minimum absolute atomic E-state index is 0.0834. The first-order valence-electron chi connectivity index (χ1n) is 10.6. The van der Waals surface area contributed by atoms with Crippen molar-refractivity contribution in [2.24, 2.45) is 5.92 Å². The van der Waals surface area contributed by atoms with Crippen LogP contribution in [0.2, 0.25) is 0 Å². The van der Waals surface area contributed by atoms with E-state index in [1.807, 2.05) is 4.57 Å². The van der Waals surface area contributed by atoms with Gasteiger partial charge in [0.05, 0.1) is 24.5 Å². The van der Waals surface area contributed by atoms with Gasteiger partial charge in [-0.25, -0.2) is 13.4 Å². The predicted octanol–water partition coefficient (Wildman–Crippen LogP) is 2.92. The van der Waals surface area contributed by atoms with Gasteiger partial charge in [-0.1, -0.05) is 30.3 Å². The van der Waals surface area contributed by atoms with E-state index in [9.17, 15) is 8.42 Å². The van der Waals surface area contributed by atoms with Gasteiger partial charge in [-0.15, -0.1) is 0 Å². The number of sulfone groups is 1. The minimum atomic E-state index is -3.36. The number of hydrogen-bond donors (Lipinski definition) is 0. The Morgan fingerprint density at radius 3 is 2.55 bits per heavy atom. The van der Waals surface area contributed by atoms with E-state index in [1.54, 1.807) is 6.20 Å². The lowest BCUT2D eigenvalue weighted by Crippen LogP contribution is -2.35. The fraction of sp³-hybridized carbons (Fsp3) is 0.591. The standard InChI is InChI=1S/C22H31N3O3S/c1-29(26,27)22-23-15-20(25(22)17-21-8-5-13-28-21)16-24-11-9-19(10-12-24)14-18-6-3-2-4-7-18/h2-4,6-7,15,19,21H,5,8-14,16-17H2,1H3. The van der Waals surface area contributed by atoms with Crippen LogP contribution in [-0.2, 0) is 34.1 Å². The molecule has 0 radical (unpaired) electrons. The normalized spacial score (nSPS) is 21.6. The van der Waals surface area contributed by atoms with Gasteiger partial charge in [-0.3, -0.25) is 4.90 Å². The molecule has 2 aliphatic rings. The van der Waals surface area contributed by atoms with Crippen molar-refractivity contribution in [2.75, 3.05) is 26.0 Å². The van der Waals surface area contributed by atoms with Crippen LogP contribution in [0, 0.1) is 5.92 Å². The third-order valence-electron chi connectivity index (χ3n) is 6.10. The van der Waals surface area contributed by atoms with Crippen LogP contribution in [0.3, 0.4) is 0 Å². The highest BCUT2D eigenvalue weighted by Crippen LogP contribution is 2.24. The first-order valence-corrected chi connectivity index (χ1v) is 12.5. The molecule has 6 nitrogen and oxygen atoms in total. The minimum Gasteiger partial charge on any atom is -0.376 e. The Hall–Kier alpha value is -1.70. The molecule has 4 rings (SSSR count). The van der Waals surface area contributed by atoms with Crippen molar-refractivity contribution < 1.29 is 13.2 Å². The van der Waals surface area contributed by atoms with Crippen LogP contribution in [0.25, 0.3) is 0 Å². The maximum absolute atomic E-state index is 12.2. The van der Waals surface area contributed by atoms with E-state index in [1.165, 1.54) is 24.7 Å². The zero-order valence-corrected chi connectivity index (χ0v) is 18.0. The van der Waals surface area contributed by atoms with E-state index in [0.717, 1.165) is 57.1 Å². The van der Waals surface area contributed by atoms with Gasteiger partial charge in [0.25, 0.3) is 0 Å². The van der Waals surface area contributed by atoms with Crippen molar-refractivity contribution in [3.63, 3.8) is 0 Å². The van der Waals surface area contributed by atoms with E-state index < -0.39 is 9.84 Å². The van der Waals surface area contributed by atoms with Crippen molar-refractivity contribution in [1.29, 1.82) is 0 Å². The summed E-state index contributed by atoms with van der Waals surface area (Å²) < 4.78 is 32.1. The molecular formula is C22H31N3O3S. The molecule has 1 unspecified atom stereocenters. The Kier molecular flexibility index (Phi) is 6.37. The number of imidazole rings is 1. The van der Waals surface area contributed by atoms with Crippen molar-refractivity contribution in [2.45, 2.75) is 56.5 Å². The summed E-state index contributed by atoms with van der Waals surface area (Å²) in [5.41, 5.74) is 2.39. The molecule has 7 heteroatoms. The third kappa shape index (κ3) is 5.27. The van der Waals surface area contributed by atoms with E-state index in [0.29, 0.717) is 6.54 Å². The number of benzene rings is 1. The molecule has 0 saturated carbocycles. The largest absolute Gasteiger partial charge is 0.376 e. The second-order valence-electron chi connectivity index (χ2n) is 8.46. The Morgan fingerprint density at radius 2 is 1.90 bits per heavy atom. The summed E-state index contributed by atoms with van der Waals surface area (Å²) in [6.07, 6.45) is 8.57. The van der Waals surface area contributed by atoms with Crippen molar-refractivity contribution >= 4 is 9.84 Å². The quantitative estimate of drug-likeness (QED) is 0.693. The molecule has 158 valence electrons. The summed E-state index contributed by atoms with van der Waals surface area (Å²) in [7, 11) is -3.36. The van der Waals surface area contributed by atoms with Crippen LogP contribution in [0.15, 0.2) is 41.7 Å². The number of aromatic nitrogens is 2. The summed E-state index contributed by atoms with van der Waals surface area (Å²) in [4.78, 5) is 6.69. The lowest BCUT2D eigenvalue weighted by molar-refractivity contribution is 0.0926. The molecule has 2 aliphatic heterocycles. The Balaban J connectivity index is 1.39. The van der Waals surface area contributed by atoms with Crippen molar-refractivity contribution in [1.82, 2.24) is 14.5 Å². The number of hydrogen-bond acceptors (Lipinski definition) is 5. The van der Waals surface area contributed by atoms with E-state index in [-0.39, 0.29) is 11.3 Å². The number of ether oxygens (including phenoxy) is 1. The molecule has 1 atom stereocenters. The van der Waals surface area contributed by atoms with Gasteiger partial charge in [-0.05, 0) is 56.7 Å². The zero-order valence-electron chi connectivity index (χ0n) is 17.2. The number of likely N-dealkylation sites (tertiary alicyclic amines) is 1. The van der Waals surface area contributed by atoms with Crippen LogP contribution in [0.4, 0.5) is 0 Å². The first kappa shape index (κ1) is 20.6. The number of piperidine rings is 1. The molecule has 1 aromatic carbocycles. The maximum Gasteiger partial charge on any atom is 0.227 e. The summed E-state index contributed by atoms with van der Waals surface area (Å²) in [5.74, 6) is 0.719. The smallest absolute Gasteiger partial charge is 0.227 e. The highest BCUT2D eigenvalue weighted by molar-refractivity contribution is 7.90. The lowest BCUT2D eigenvalue weighted by Gasteiger charge is -2.32. The van der Waals surface area contributed by atoms with E-state index >= 15 is 0 Å². The molecular weight excluding hydrogens is 386 g/mol. The third-order valence-corrected chi connectivity index (χ3v) is 7.09. The molecule has 0 N–H and O–H groups in total. The zero-order chi connectivity index (χ0) is 20.3. The van der Waals surface area contributed by atoms with Crippen molar-refractivity contribution in [3.8, 4) is 0 Å². The molecule has 0 amide bonds. The second-order valence-corrected chi connectivity index (χ2v) is 10.4. The highest BCUT2D eigenvalue weighted by Gasteiger charge is 2.26. The molecule has 2 fully saturated rings. The Labute approximate surface area is 173 Å². The maximum atomic E-state index is 12.2. The second kappa shape index (κ2) is 8.98. The molecule has 0 aliphatic carbocycles. The Bertz CT molecular complexity index is 897. The topological polar surface area (TPSA) is 64.4 Å². The van der Waals surface area contributed by atoms with Gasteiger partial charge in [0.15, 0.2) is 0 Å². The average Bonchev–Trinajstić information content (AvgIpc) is 3.35. The van der Waals surface area contributed by atoms with Crippen LogP contribution in [-0.4, -0.2) is 54.9 Å². The lowest BCUT2D eigenvalue weighted by atomic mass is 9.90. The van der Waals surface area contributed by atoms with Gasteiger partial charge in [0, 0.05) is 19.4 Å². The van der Waals surface area contributed by atoms with Crippen LogP contribution >= 0.6 is 0 Å². The molecule has 2 aromatic rings.